The van der Waals surface area contributed by atoms with Gasteiger partial charge in [-0.05, 0) is 23.5 Å². The van der Waals surface area contributed by atoms with Crippen molar-refractivity contribution >= 4 is 21.8 Å². The van der Waals surface area contributed by atoms with Crippen LogP contribution in [-0.4, -0.2) is 24.5 Å². The van der Waals surface area contributed by atoms with Crippen LogP contribution in [0, 0.1) is 30.1 Å². The fourth-order valence-electron chi connectivity index (χ4n) is 5.16. The second kappa shape index (κ2) is 14.4. The average Bonchev–Trinajstić information content (AvgIpc) is 3.42. The van der Waals surface area contributed by atoms with Gasteiger partial charge in [0.1, 0.15) is 0 Å². The second-order valence-electron chi connectivity index (χ2n) is 10.2. The Labute approximate surface area is 303 Å². The summed E-state index contributed by atoms with van der Waals surface area (Å²) >= 11 is 0. The quantitative estimate of drug-likeness (QED) is 0.118. The maximum Gasteiger partial charge on any atom is 2.00 e. The first-order chi connectivity index (χ1) is 22.7. The van der Waals surface area contributed by atoms with Gasteiger partial charge in [0.05, 0.1) is 12.4 Å². The molecule has 0 saturated carbocycles. The minimum Gasteiger partial charge on any atom is -0.503 e. The van der Waals surface area contributed by atoms with Crippen LogP contribution in [-0.2, 0) is 41.5 Å². The van der Waals surface area contributed by atoms with Crippen molar-refractivity contribution in [2.45, 2.75) is 0 Å². The summed E-state index contributed by atoms with van der Waals surface area (Å²) in [4.78, 5) is 17.4. The van der Waals surface area contributed by atoms with E-state index in [1.807, 2.05) is 97.1 Å². The SMILES string of the molecule is Fc1cnc(-n2c3[c-]c(Oc4[c-]c(-c5ccccn5)ccc4)ccc3c3ccc(Oc4[c-]c(-c5ccccn5)ccc4)[c-]c32)nc1.[Pd+2].[Pt+2]. The number of aromatic nitrogens is 5. The number of hydrogen-bond acceptors (Lipinski definition) is 6. The Kier molecular flexibility index (Phi) is 9.84. The number of ether oxygens (including phenoxy) is 2. The standard InChI is InChI=1S/C38H20FN5O2.Pd.Pt/c39-27-23-42-38(43-24-27)44-36-21-30(45-28-9-5-7-25(19-28)34-11-1-3-17-40-34)13-15-32(36)33-16-14-31(22-37(33)44)46-29-10-6-8-26(20-29)35-12-2-4-18-41-35;;/h1-18,23-24H;;/q-4;2*+2. The number of nitrogens with zero attached hydrogens (tertiary/aromatic N) is 5. The van der Waals surface area contributed by atoms with Gasteiger partial charge in [-0.2, -0.15) is 22.9 Å². The van der Waals surface area contributed by atoms with Gasteiger partial charge in [-0.3, -0.25) is 0 Å². The average molecular weight is 899 g/mol. The molecule has 0 aliphatic carbocycles. The Morgan fingerprint density at radius 3 is 1.46 bits per heavy atom. The maximum absolute atomic E-state index is 13.9. The smallest absolute Gasteiger partial charge is 0.503 e. The summed E-state index contributed by atoms with van der Waals surface area (Å²) < 4.78 is 28.0. The Morgan fingerprint density at radius 2 is 1.00 bits per heavy atom. The van der Waals surface area contributed by atoms with Crippen molar-refractivity contribution in [3.05, 3.63) is 152 Å². The van der Waals surface area contributed by atoms with Crippen molar-refractivity contribution in [1.29, 1.82) is 0 Å². The molecule has 0 spiro atoms. The van der Waals surface area contributed by atoms with Crippen LogP contribution in [0.25, 0.3) is 50.3 Å². The van der Waals surface area contributed by atoms with Gasteiger partial charge in [0, 0.05) is 35.4 Å². The molecule has 0 unspecified atom stereocenters. The zero-order chi connectivity index (χ0) is 30.9. The Hall–Kier alpha value is -5.06. The number of pyridine rings is 2. The van der Waals surface area contributed by atoms with Crippen molar-refractivity contribution < 1.29 is 55.4 Å². The molecule has 0 fully saturated rings. The third kappa shape index (κ3) is 6.67. The number of hydrogen-bond donors (Lipinski definition) is 0. The van der Waals surface area contributed by atoms with Crippen LogP contribution in [0.4, 0.5) is 4.39 Å². The molecular weight excluding hydrogens is 879 g/mol. The molecule has 236 valence electrons. The van der Waals surface area contributed by atoms with E-state index < -0.39 is 5.82 Å². The van der Waals surface area contributed by atoms with Crippen molar-refractivity contribution in [1.82, 2.24) is 24.5 Å². The van der Waals surface area contributed by atoms with Crippen molar-refractivity contribution in [3.63, 3.8) is 0 Å². The van der Waals surface area contributed by atoms with Gasteiger partial charge in [0.2, 0.25) is 5.95 Å². The number of fused-ring (bicyclic) bond motifs is 3. The molecule has 0 amide bonds. The fourth-order valence-corrected chi connectivity index (χ4v) is 5.16. The predicted octanol–water partition coefficient (Wildman–Crippen LogP) is 8.62. The Morgan fingerprint density at radius 1 is 0.521 bits per heavy atom. The first-order valence-electron chi connectivity index (χ1n) is 14.3. The molecule has 8 aromatic rings. The predicted molar refractivity (Wildman–Crippen MR) is 171 cm³/mol. The molecule has 7 nitrogen and oxygen atoms in total. The van der Waals surface area contributed by atoms with E-state index in [0.29, 0.717) is 34.0 Å². The van der Waals surface area contributed by atoms with Gasteiger partial charge in [0.15, 0.2) is 5.82 Å². The maximum atomic E-state index is 13.9. The number of benzene rings is 4. The third-order valence-electron chi connectivity index (χ3n) is 7.20. The van der Waals surface area contributed by atoms with E-state index in [1.165, 1.54) is 0 Å². The van der Waals surface area contributed by atoms with Crippen LogP contribution in [0.3, 0.4) is 0 Å². The number of rotatable bonds is 7. The first kappa shape index (κ1) is 32.9. The van der Waals surface area contributed by atoms with Crippen molar-refractivity contribution in [2.75, 3.05) is 0 Å². The van der Waals surface area contributed by atoms with Crippen LogP contribution in [0.15, 0.2) is 122 Å². The van der Waals surface area contributed by atoms with E-state index in [-0.39, 0.29) is 47.4 Å². The largest absolute Gasteiger partial charge is 2.00 e. The minimum atomic E-state index is -0.544. The summed E-state index contributed by atoms with van der Waals surface area (Å²) in [5.74, 6) is 1.61. The molecule has 0 bridgehead atoms. The van der Waals surface area contributed by atoms with E-state index in [1.54, 1.807) is 17.0 Å². The Balaban J connectivity index is 0.00000201. The summed E-state index contributed by atoms with van der Waals surface area (Å²) in [6.07, 6.45) is 5.72. The van der Waals surface area contributed by atoms with E-state index in [0.717, 1.165) is 45.7 Å². The topological polar surface area (TPSA) is 75.0 Å². The molecule has 4 aromatic carbocycles. The molecule has 48 heavy (non-hydrogen) atoms. The summed E-state index contributed by atoms with van der Waals surface area (Å²) in [7, 11) is 0. The van der Waals surface area contributed by atoms with Crippen LogP contribution in [0.2, 0.25) is 0 Å². The second-order valence-corrected chi connectivity index (χ2v) is 10.2. The van der Waals surface area contributed by atoms with Crippen LogP contribution >= 0.6 is 0 Å². The summed E-state index contributed by atoms with van der Waals surface area (Å²) in [5, 5.41) is 1.71. The molecule has 0 saturated heterocycles. The van der Waals surface area contributed by atoms with Crippen molar-refractivity contribution in [2.24, 2.45) is 0 Å². The molecular formula is C38H20FN5O2PdPt. The fraction of sp³-hybridized carbons (Fsp3) is 0. The monoisotopic (exact) mass is 898 g/mol. The van der Waals surface area contributed by atoms with E-state index in [2.05, 4.69) is 44.2 Å². The normalized spacial score (nSPS) is 10.7. The van der Waals surface area contributed by atoms with Gasteiger partial charge in [-0.1, -0.05) is 47.4 Å². The van der Waals surface area contributed by atoms with Gasteiger partial charge in [-0.15, -0.1) is 71.8 Å². The summed E-state index contributed by atoms with van der Waals surface area (Å²) in [6, 6.07) is 43.5. The van der Waals surface area contributed by atoms with Gasteiger partial charge in [0.25, 0.3) is 0 Å². The molecule has 0 radical (unpaired) electrons. The minimum absolute atomic E-state index is 0. The molecule has 4 aromatic heterocycles. The van der Waals surface area contributed by atoms with Crippen LogP contribution in [0.1, 0.15) is 0 Å². The van der Waals surface area contributed by atoms with Gasteiger partial charge in [-0.25, -0.2) is 14.4 Å². The van der Waals surface area contributed by atoms with Gasteiger partial charge < -0.3 is 24.0 Å². The zero-order valence-electron chi connectivity index (χ0n) is 24.6. The van der Waals surface area contributed by atoms with Crippen molar-refractivity contribution in [3.8, 4) is 51.5 Å². The van der Waals surface area contributed by atoms with E-state index in [4.69, 9.17) is 9.47 Å². The van der Waals surface area contributed by atoms with E-state index >= 15 is 0 Å². The van der Waals surface area contributed by atoms with Gasteiger partial charge >= 0.3 is 41.5 Å². The third-order valence-corrected chi connectivity index (χ3v) is 7.20. The number of halogens is 1. The van der Waals surface area contributed by atoms with Crippen LogP contribution in [0.5, 0.6) is 23.0 Å². The molecule has 0 aliphatic heterocycles. The summed E-state index contributed by atoms with van der Waals surface area (Å²) in [6.45, 7) is 0. The molecule has 0 N–H and O–H groups in total. The van der Waals surface area contributed by atoms with Crippen LogP contribution < -0.4 is 9.47 Å². The Bertz CT molecular complexity index is 2200. The molecule has 8 rings (SSSR count). The zero-order valence-corrected chi connectivity index (χ0v) is 28.4. The molecule has 10 heteroatoms. The van der Waals surface area contributed by atoms with E-state index in [9.17, 15) is 4.39 Å². The molecule has 4 heterocycles. The molecule has 0 atom stereocenters. The first-order valence-corrected chi connectivity index (χ1v) is 14.3. The molecule has 0 aliphatic rings. The summed E-state index contributed by atoms with van der Waals surface area (Å²) in [5.41, 5.74) is 4.43.